The van der Waals surface area contributed by atoms with Gasteiger partial charge in [-0.1, -0.05) is 18.2 Å². The molecule has 0 aliphatic rings. The molecule has 0 bridgehead atoms. The number of hydrogen-bond donors (Lipinski definition) is 2. The van der Waals surface area contributed by atoms with E-state index >= 15 is 0 Å². The van der Waals surface area contributed by atoms with Crippen LogP contribution in [0.25, 0.3) is 11.1 Å². The minimum Gasteiger partial charge on any atom is -0.493 e. The Balaban J connectivity index is 2.18. The van der Waals surface area contributed by atoms with Crippen LogP contribution in [-0.4, -0.2) is 61.5 Å². The molecule has 0 saturated heterocycles. The van der Waals surface area contributed by atoms with Crippen LogP contribution >= 0.6 is 0 Å². The molecule has 0 aliphatic carbocycles. The number of ether oxygens (including phenoxy) is 2. The van der Waals surface area contributed by atoms with Gasteiger partial charge in [0, 0.05) is 19.2 Å². The van der Waals surface area contributed by atoms with Crippen molar-refractivity contribution >= 4 is 5.91 Å². The molecule has 6 nitrogen and oxygen atoms in total. The van der Waals surface area contributed by atoms with Crippen molar-refractivity contribution in [3.05, 3.63) is 48.0 Å². The molecule has 0 radical (unpaired) electrons. The van der Waals surface area contributed by atoms with Crippen LogP contribution in [-0.2, 0) is 0 Å². The van der Waals surface area contributed by atoms with Crippen molar-refractivity contribution in [2.75, 3.05) is 34.4 Å². The Morgan fingerprint density at radius 3 is 2.20 bits per heavy atom. The van der Waals surface area contributed by atoms with E-state index in [1.807, 2.05) is 30.3 Å². The molecular formula is C19H23NO5. The van der Waals surface area contributed by atoms with E-state index in [1.165, 1.54) is 4.90 Å². The molecule has 0 fully saturated rings. The summed E-state index contributed by atoms with van der Waals surface area (Å²) in [6.45, 7) is -0.303. The van der Waals surface area contributed by atoms with E-state index in [1.54, 1.807) is 33.4 Å². The van der Waals surface area contributed by atoms with Crippen molar-refractivity contribution in [2.24, 2.45) is 0 Å². The average Bonchev–Trinajstić information content (AvgIpc) is 2.66. The highest BCUT2D eigenvalue weighted by atomic mass is 16.5. The molecule has 0 aromatic heterocycles. The van der Waals surface area contributed by atoms with Gasteiger partial charge in [-0.15, -0.1) is 0 Å². The van der Waals surface area contributed by atoms with Crippen LogP contribution in [0, 0.1) is 0 Å². The fourth-order valence-electron chi connectivity index (χ4n) is 2.50. The highest BCUT2D eigenvalue weighted by Crippen LogP contribution is 2.32. The fourth-order valence-corrected chi connectivity index (χ4v) is 2.50. The topological polar surface area (TPSA) is 79.2 Å². The lowest BCUT2D eigenvalue weighted by molar-refractivity contribution is 0.0520. The summed E-state index contributed by atoms with van der Waals surface area (Å²) < 4.78 is 10.5. The van der Waals surface area contributed by atoms with Crippen molar-refractivity contribution in [3.63, 3.8) is 0 Å². The molecule has 0 unspecified atom stereocenters. The molecule has 0 saturated carbocycles. The zero-order valence-electron chi connectivity index (χ0n) is 14.6. The van der Waals surface area contributed by atoms with Crippen molar-refractivity contribution in [1.29, 1.82) is 0 Å². The molecule has 0 spiro atoms. The fraction of sp³-hybridized carbons (Fsp3) is 0.316. The van der Waals surface area contributed by atoms with Crippen molar-refractivity contribution in [2.45, 2.75) is 6.10 Å². The van der Waals surface area contributed by atoms with Crippen LogP contribution in [0.5, 0.6) is 11.5 Å². The van der Waals surface area contributed by atoms with Gasteiger partial charge in [-0.2, -0.15) is 0 Å². The quantitative estimate of drug-likeness (QED) is 0.800. The van der Waals surface area contributed by atoms with Crippen molar-refractivity contribution < 1.29 is 24.5 Å². The number of methoxy groups -OCH3 is 2. The average molecular weight is 345 g/mol. The van der Waals surface area contributed by atoms with Crippen LogP contribution in [0.15, 0.2) is 42.5 Å². The van der Waals surface area contributed by atoms with Crippen molar-refractivity contribution in [3.8, 4) is 22.6 Å². The zero-order chi connectivity index (χ0) is 18.4. The first-order valence-electron chi connectivity index (χ1n) is 7.87. The van der Waals surface area contributed by atoms with E-state index in [2.05, 4.69) is 0 Å². The number of rotatable bonds is 7. The van der Waals surface area contributed by atoms with Gasteiger partial charge in [-0.05, 0) is 35.4 Å². The van der Waals surface area contributed by atoms with Gasteiger partial charge in [0.05, 0.1) is 26.9 Å². The summed E-state index contributed by atoms with van der Waals surface area (Å²) in [5.74, 6) is 1.08. The van der Waals surface area contributed by atoms with Gasteiger partial charge in [0.25, 0.3) is 5.91 Å². The third-order valence-corrected chi connectivity index (χ3v) is 3.89. The summed E-state index contributed by atoms with van der Waals surface area (Å²) in [6.07, 6.45) is -0.944. The van der Waals surface area contributed by atoms with E-state index in [0.717, 1.165) is 11.1 Å². The largest absolute Gasteiger partial charge is 0.493 e. The van der Waals surface area contributed by atoms with E-state index < -0.39 is 6.10 Å². The molecule has 1 amide bonds. The minimum atomic E-state index is -0.944. The maximum atomic E-state index is 12.3. The summed E-state index contributed by atoms with van der Waals surface area (Å²) in [5.41, 5.74) is 2.40. The molecule has 2 rings (SSSR count). The first-order valence-corrected chi connectivity index (χ1v) is 7.87. The van der Waals surface area contributed by atoms with E-state index in [-0.39, 0.29) is 19.1 Å². The Morgan fingerprint density at radius 1 is 1.04 bits per heavy atom. The van der Waals surface area contributed by atoms with Gasteiger partial charge in [-0.3, -0.25) is 4.79 Å². The zero-order valence-corrected chi connectivity index (χ0v) is 14.6. The molecule has 2 aromatic carbocycles. The molecule has 134 valence electrons. The highest BCUT2D eigenvalue weighted by Gasteiger charge is 2.15. The molecule has 6 heteroatoms. The lowest BCUT2D eigenvalue weighted by Gasteiger charge is -2.20. The van der Waals surface area contributed by atoms with Crippen molar-refractivity contribution in [1.82, 2.24) is 4.90 Å². The van der Waals surface area contributed by atoms with Gasteiger partial charge >= 0.3 is 0 Å². The second-order valence-electron chi connectivity index (χ2n) is 5.67. The summed E-state index contributed by atoms with van der Waals surface area (Å²) in [5, 5.41) is 18.3. The maximum absolute atomic E-state index is 12.3. The molecular weight excluding hydrogens is 322 g/mol. The Kier molecular flexibility index (Phi) is 6.38. The number of likely N-dealkylation sites (N-methyl/N-ethyl adjacent to an activating group) is 1. The number of carbonyl (C=O) groups is 1. The minimum absolute atomic E-state index is 0.0762. The lowest BCUT2D eigenvalue weighted by Crippen LogP contribution is -2.35. The Bertz CT molecular complexity index is 714. The molecule has 2 N–H and O–H groups in total. The molecule has 25 heavy (non-hydrogen) atoms. The molecule has 0 heterocycles. The number of amides is 1. The number of benzene rings is 2. The monoisotopic (exact) mass is 345 g/mol. The first-order chi connectivity index (χ1) is 12.0. The summed E-state index contributed by atoms with van der Waals surface area (Å²) in [4.78, 5) is 13.7. The first kappa shape index (κ1) is 18.8. The second kappa shape index (κ2) is 8.50. The smallest absolute Gasteiger partial charge is 0.253 e. The van der Waals surface area contributed by atoms with Crippen LogP contribution in [0.2, 0.25) is 0 Å². The third-order valence-electron chi connectivity index (χ3n) is 3.89. The van der Waals surface area contributed by atoms with Gasteiger partial charge in [0.2, 0.25) is 0 Å². The van der Waals surface area contributed by atoms with Crippen LogP contribution in [0.1, 0.15) is 10.4 Å². The van der Waals surface area contributed by atoms with Crippen LogP contribution in [0.4, 0.5) is 0 Å². The van der Waals surface area contributed by atoms with Crippen LogP contribution in [0.3, 0.4) is 0 Å². The maximum Gasteiger partial charge on any atom is 0.253 e. The third kappa shape index (κ3) is 4.49. The summed E-state index contributed by atoms with van der Waals surface area (Å²) in [6, 6.07) is 12.8. The molecule has 0 aliphatic heterocycles. The van der Waals surface area contributed by atoms with Gasteiger partial charge in [0.15, 0.2) is 11.5 Å². The van der Waals surface area contributed by atoms with E-state index in [0.29, 0.717) is 17.1 Å². The van der Waals surface area contributed by atoms with Crippen LogP contribution < -0.4 is 9.47 Å². The number of carbonyl (C=O) groups excluding carboxylic acids is 1. The normalized spacial score (nSPS) is 11.7. The number of hydrogen-bond acceptors (Lipinski definition) is 5. The Labute approximate surface area is 147 Å². The van der Waals surface area contributed by atoms with Gasteiger partial charge in [-0.25, -0.2) is 0 Å². The Morgan fingerprint density at radius 2 is 1.64 bits per heavy atom. The van der Waals surface area contributed by atoms with Gasteiger partial charge < -0.3 is 24.6 Å². The predicted molar refractivity (Wildman–Crippen MR) is 95.0 cm³/mol. The Hall–Kier alpha value is -2.57. The molecule has 2 aromatic rings. The highest BCUT2D eigenvalue weighted by molar-refractivity contribution is 5.94. The number of nitrogens with zero attached hydrogens (tertiary/aromatic N) is 1. The summed E-state index contributed by atoms with van der Waals surface area (Å²) in [7, 11) is 4.76. The standard InChI is InChI=1S/C19H23NO5/c1-20(11-16(22)12-21)19(23)14-6-4-13(5-7-14)15-8-9-17(24-2)18(10-15)25-3/h4-10,16,21-22H,11-12H2,1-3H3/t16-/m1/s1. The van der Waals surface area contributed by atoms with E-state index in [4.69, 9.17) is 14.6 Å². The lowest BCUT2D eigenvalue weighted by atomic mass is 10.0. The van der Waals surface area contributed by atoms with E-state index in [9.17, 15) is 9.90 Å². The van der Waals surface area contributed by atoms with Gasteiger partial charge in [0.1, 0.15) is 0 Å². The second-order valence-corrected chi connectivity index (χ2v) is 5.67. The number of aliphatic hydroxyl groups is 2. The number of aliphatic hydroxyl groups excluding tert-OH is 2. The predicted octanol–water partition coefficient (Wildman–Crippen LogP) is 1.80. The summed E-state index contributed by atoms with van der Waals surface area (Å²) >= 11 is 0. The SMILES string of the molecule is COc1ccc(-c2ccc(C(=O)N(C)C[C@@H](O)CO)cc2)cc1OC. The molecule has 1 atom stereocenters.